The zero-order valence-corrected chi connectivity index (χ0v) is 27.6. The molecule has 0 amide bonds. The Hall–Kier alpha value is -4.18. The Labute approximate surface area is 259 Å². The molecule has 0 spiro atoms. The molecule has 3 nitrogen and oxygen atoms in total. The molecule has 0 saturated carbocycles. The lowest BCUT2D eigenvalue weighted by Crippen LogP contribution is -2.53. The Balaban J connectivity index is 1.55. The smallest absolute Gasteiger partial charge is 0.251 e. The SMILES string of the molecule is Cc1cc2oc3c(c4c5n(c6cc(C)c(C)cc6n35)-c3cc(C(C)(C)C)cc5c3B4c3ccc(C(C)(C)C)cc3-5)c2cc1C. The van der Waals surface area contributed by atoms with Gasteiger partial charge in [-0.3, -0.25) is 8.97 Å². The quantitative estimate of drug-likeness (QED) is 0.167. The number of furan rings is 1. The monoisotopic (exact) mass is 574 g/mol. The van der Waals surface area contributed by atoms with Gasteiger partial charge in [0.1, 0.15) is 11.2 Å². The molecule has 2 aliphatic rings. The fourth-order valence-electron chi connectivity index (χ4n) is 8.05. The number of aryl methyl sites for hydroxylation is 4. The maximum atomic E-state index is 6.89. The molecular weight excluding hydrogens is 535 g/mol. The first-order valence-electron chi connectivity index (χ1n) is 16.1. The second kappa shape index (κ2) is 7.91. The fraction of sp³-hybridized carbons (Fsp3) is 0.300. The Morgan fingerprint density at radius 3 is 1.98 bits per heavy atom. The van der Waals surface area contributed by atoms with Gasteiger partial charge in [0.25, 0.3) is 6.71 Å². The van der Waals surface area contributed by atoms with Crippen LogP contribution >= 0.6 is 0 Å². The average Bonchev–Trinajstić information content (AvgIpc) is 3.65. The molecule has 0 saturated heterocycles. The molecule has 44 heavy (non-hydrogen) atoms. The molecule has 5 heterocycles. The van der Waals surface area contributed by atoms with Crippen molar-refractivity contribution in [3.05, 3.63) is 88.0 Å². The Kier molecular flexibility index (Phi) is 4.72. The van der Waals surface area contributed by atoms with Gasteiger partial charge in [0.15, 0.2) is 0 Å². The average molecular weight is 575 g/mol. The van der Waals surface area contributed by atoms with Gasteiger partial charge in [-0.25, -0.2) is 0 Å². The van der Waals surface area contributed by atoms with Gasteiger partial charge in [-0.05, 0) is 124 Å². The lowest BCUT2D eigenvalue weighted by atomic mass is 9.37. The third-order valence-corrected chi connectivity index (χ3v) is 10.9. The van der Waals surface area contributed by atoms with Crippen molar-refractivity contribution in [3.63, 3.8) is 0 Å². The van der Waals surface area contributed by atoms with Crippen LogP contribution in [0, 0.1) is 27.7 Å². The van der Waals surface area contributed by atoms with Crippen LogP contribution in [0.15, 0.2) is 59.0 Å². The highest BCUT2D eigenvalue weighted by atomic mass is 16.3. The molecule has 0 atom stereocenters. The van der Waals surface area contributed by atoms with Crippen LogP contribution in [-0.4, -0.2) is 15.7 Å². The molecule has 3 aromatic heterocycles. The minimum atomic E-state index is 0.0125. The number of imidazole rings is 1. The summed E-state index contributed by atoms with van der Waals surface area (Å²) in [7, 11) is 0. The van der Waals surface area contributed by atoms with Crippen molar-refractivity contribution < 1.29 is 4.42 Å². The number of aromatic nitrogens is 2. The summed E-state index contributed by atoms with van der Waals surface area (Å²) in [5, 5.41) is 2.49. The molecule has 4 aromatic carbocycles. The maximum Gasteiger partial charge on any atom is 0.251 e. The lowest BCUT2D eigenvalue weighted by molar-refractivity contribution is 0.589. The van der Waals surface area contributed by atoms with Crippen LogP contribution in [0.25, 0.3) is 55.6 Å². The van der Waals surface area contributed by atoms with Gasteiger partial charge < -0.3 is 4.42 Å². The molecular formula is C40H39BN2O. The molecule has 0 unspecified atom stereocenters. The van der Waals surface area contributed by atoms with E-state index in [-0.39, 0.29) is 17.5 Å². The van der Waals surface area contributed by atoms with Crippen molar-refractivity contribution in [3.8, 4) is 16.8 Å². The number of hydrogen-bond donors (Lipinski definition) is 0. The molecule has 218 valence electrons. The van der Waals surface area contributed by atoms with Crippen LogP contribution in [0.1, 0.15) is 74.9 Å². The first kappa shape index (κ1) is 26.2. The number of nitrogens with zero attached hydrogens (tertiary/aromatic N) is 2. The maximum absolute atomic E-state index is 6.89. The van der Waals surface area contributed by atoms with Gasteiger partial charge in [0.05, 0.1) is 11.0 Å². The van der Waals surface area contributed by atoms with Gasteiger partial charge in [0, 0.05) is 16.5 Å². The number of rotatable bonds is 0. The summed E-state index contributed by atoms with van der Waals surface area (Å²) in [5.74, 6) is 0. The van der Waals surface area contributed by atoms with Crippen molar-refractivity contribution >= 4 is 61.9 Å². The van der Waals surface area contributed by atoms with E-state index in [1.165, 1.54) is 94.0 Å². The van der Waals surface area contributed by atoms with Gasteiger partial charge in [-0.15, -0.1) is 0 Å². The van der Waals surface area contributed by atoms with Crippen molar-refractivity contribution in [1.29, 1.82) is 0 Å². The third kappa shape index (κ3) is 3.09. The highest BCUT2D eigenvalue weighted by molar-refractivity contribution is 7.02. The van der Waals surface area contributed by atoms with Crippen LogP contribution in [0.3, 0.4) is 0 Å². The normalized spacial score (nSPS) is 14.1. The summed E-state index contributed by atoms with van der Waals surface area (Å²) in [6, 6.07) is 21.6. The molecule has 0 bridgehead atoms. The van der Waals surface area contributed by atoms with E-state index in [2.05, 4.69) is 133 Å². The summed E-state index contributed by atoms with van der Waals surface area (Å²) in [5.41, 5.74) is 22.0. The van der Waals surface area contributed by atoms with E-state index in [0.29, 0.717) is 0 Å². The zero-order valence-electron chi connectivity index (χ0n) is 27.6. The Morgan fingerprint density at radius 2 is 1.27 bits per heavy atom. The van der Waals surface area contributed by atoms with Crippen LogP contribution < -0.4 is 16.4 Å². The van der Waals surface area contributed by atoms with E-state index in [0.717, 1.165) is 11.3 Å². The fourth-order valence-corrected chi connectivity index (χ4v) is 8.05. The minimum absolute atomic E-state index is 0.0125. The van der Waals surface area contributed by atoms with Crippen molar-refractivity contribution in [2.45, 2.75) is 80.1 Å². The van der Waals surface area contributed by atoms with E-state index >= 15 is 0 Å². The minimum Gasteiger partial charge on any atom is -0.439 e. The van der Waals surface area contributed by atoms with Crippen LogP contribution in [0.5, 0.6) is 0 Å². The summed E-state index contributed by atoms with van der Waals surface area (Å²) in [6.45, 7) is 23.0. The predicted octanol–water partition coefficient (Wildman–Crippen LogP) is 8.42. The topological polar surface area (TPSA) is 22.5 Å². The zero-order chi connectivity index (χ0) is 30.8. The first-order valence-corrected chi connectivity index (χ1v) is 16.1. The molecule has 0 fully saturated rings. The first-order chi connectivity index (χ1) is 20.7. The van der Waals surface area contributed by atoms with Gasteiger partial charge >= 0.3 is 0 Å². The van der Waals surface area contributed by atoms with E-state index in [4.69, 9.17) is 4.42 Å². The predicted molar refractivity (Wildman–Crippen MR) is 188 cm³/mol. The van der Waals surface area contributed by atoms with E-state index < -0.39 is 0 Å². The number of benzene rings is 4. The van der Waals surface area contributed by atoms with Gasteiger partial charge in [-0.2, -0.15) is 0 Å². The molecule has 0 aliphatic carbocycles. The van der Waals surface area contributed by atoms with Crippen molar-refractivity contribution in [1.82, 2.24) is 8.97 Å². The van der Waals surface area contributed by atoms with Crippen molar-refractivity contribution in [2.24, 2.45) is 0 Å². The summed E-state index contributed by atoms with van der Waals surface area (Å²) in [4.78, 5) is 0. The second-order valence-corrected chi connectivity index (χ2v) is 15.7. The van der Waals surface area contributed by atoms with E-state index in [1.807, 2.05) is 0 Å². The van der Waals surface area contributed by atoms with E-state index in [9.17, 15) is 0 Å². The lowest BCUT2D eigenvalue weighted by Gasteiger charge is -2.27. The van der Waals surface area contributed by atoms with Crippen LogP contribution in [-0.2, 0) is 10.8 Å². The van der Waals surface area contributed by atoms with Crippen LogP contribution in [0.4, 0.5) is 0 Å². The second-order valence-electron chi connectivity index (χ2n) is 15.7. The van der Waals surface area contributed by atoms with Gasteiger partial charge in [-0.1, -0.05) is 71.3 Å². The van der Waals surface area contributed by atoms with Crippen LogP contribution in [0.2, 0.25) is 0 Å². The van der Waals surface area contributed by atoms with Crippen molar-refractivity contribution in [2.75, 3.05) is 0 Å². The summed E-state index contributed by atoms with van der Waals surface area (Å²) >= 11 is 0. The molecule has 0 N–H and O–H groups in total. The third-order valence-electron chi connectivity index (χ3n) is 10.9. The largest absolute Gasteiger partial charge is 0.439 e. The molecule has 7 aromatic rings. The molecule has 4 heteroatoms. The van der Waals surface area contributed by atoms with Gasteiger partial charge in [0.2, 0.25) is 5.71 Å². The highest BCUT2D eigenvalue weighted by Crippen LogP contribution is 2.43. The molecule has 0 radical (unpaired) electrons. The number of hydrogen-bond acceptors (Lipinski definition) is 1. The molecule has 2 aliphatic heterocycles. The highest BCUT2D eigenvalue weighted by Gasteiger charge is 2.45. The number of fused-ring (bicyclic) bond motifs is 13. The standard InChI is InChI=1S/C40H39BN2O/c1-20-13-28-33(16-23(20)4)44-38-34(28)36-37-42(30-14-21(2)22(3)15-31(30)43(37)38)32-19-25(40(8,9)10)18-27-26-17-24(39(5,6)7)11-12-29(26)41(36)35(27)32/h11-19H,1-10H3. The Bertz CT molecular complexity index is 2450. The Morgan fingerprint density at radius 1 is 0.636 bits per heavy atom. The summed E-state index contributed by atoms with van der Waals surface area (Å²) in [6.07, 6.45) is 0. The molecule has 9 rings (SSSR count). The van der Waals surface area contributed by atoms with E-state index in [1.54, 1.807) is 0 Å². The summed E-state index contributed by atoms with van der Waals surface area (Å²) < 4.78 is 11.9.